The molecule has 3 rings (SSSR count). The van der Waals surface area contributed by atoms with E-state index in [1.807, 2.05) is 4.90 Å². The first kappa shape index (κ1) is 18.6. The molecule has 1 amide bonds. The molecule has 1 atom stereocenters. The average Bonchev–Trinajstić information content (AvgIpc) is 3.10. The first-order chi connectivity index (χ1) is 13.0. The summed E-state index contributed by atoms with van der Waals surface area (Å²) in [5.74, 6) is -0.203. The van der Waals surface area contributed by atoms with Crippen LogP contribution in [0, 0.1) is 0 Å². The standard InChI is InChI=1S/C19H22N4O4/c1-3-27-17-5-4-13(10-15(17)18(25)26)16-6-8-20-19(22-16)23-9-7-14(11-23)21-12(2)24/h4-6,8,10,14H,3,7,9,11H2,1-2H3,(H,21,24)(H,25,26)/t14-/m0/s1. The zero-order valence-corrected chi connectivity index (χ0v) is 15.3. The van der Waals surface area contributed by atoms with Crippen molar-refractivity contribution in [2.24, 2.45) is 0 Å². The Hall–Kier alpha value is -3.16. The van der Waals surface area contributed by atoms with E-state index in [0.717, 1.165) is 13.0 Å². The first-order valence-corrected chi connectivity index (χ1v) is 8.83. The van der Waals surface area contributed by atoms with Crippen LogP contribution in [0.3, 0.4) is 0 Å². The average molecular weight is 370 g/mol. The lowest BCUT2D eigenvalue weighted by atomic mass is 10.1. The van der Waals surface area contributed by atoms with Crippen molar-refractivity contribution in [1.29, 1.82) is 0 Å². The second-order valence-electron chi connectivity index (χ2n) is 6.32. The molecule has 27 heavy (non-hydrogen) atoms. The van der Waals surface area contributed by atoms with Gasteiger partial charge in [0.2, 0.25) is 11.9 Å². The zero-order chi connectivity index (χ0) is 19.4. The molecular formula is C19H22N4O4. The molecular weight excluding hydrogens is 348 g/mol. The number of hydrogen-bond acceptors (Lipinski definition) is 6. The van der Waals surface area contributed by atoms with Crippen LogP contribution in [0.4, 0.5) is 5.95 Å². The third-order valence-electron chi connectivity index (χ3n) is 4.33. The van der Waals surface area contributed by atoms with Crippen LogP contribution in [0.15, 0.2) is 30.5 Å². The molecule has 1 aliphatic rings. The molecule has 0 spiro atoms. The Bertz CT molecular complexity index is 855. The van der Waals surface area contributed by atoms with Gasteiger partial charge in [0.1, 0.15) is 11.3 Å². The van der Waals surface area contributed by atoms with Gasteiger partial charge in [0.15, 0.2) is 0 Å². The lowest BCUT2D eigenvalue weighted by molar-refractivity contribution is -0.119. The maximum absolute atomic E-state index is 11.5. The van der Waals surface area contributed by atoms with Crippen LogP contribution in [0.5, 0.6) is 5.75 Å². The zero-order valence-electron chi connectivity index (χ0n) is 15.3. The van der Waals surface area contributed by atoms with Crippen LogP contribution in [0.2, 0.25) is 0 Å². The number of nitrogens with zero attached hydrogens (tertiary/aromatic N) is 3. The number of carbonyl (C=O) groups excluding carboxylic acids is 1. The molecule has 1 fully saturated rings. The van der Waals surface area contributed by atoms with E-state index in [-0.39, 0.29) is 17.5 Å². The molecule has 0 radical (unpaired) electrons. The largest absolute Gasteiger partial charge is 0.493 e. The molecule has 0 bridgehead atoms. The molecule has 8 heteroatoms. The third-order valence-corrected chi connectivity index (χ3v) is 4.33. The molecule has 8 nitrogen and oxygen atoms in total. The van der Waals surface area contributed by atoms with Gasteiger partial charge in [-0.15, -0.1) is 0 Å². The minimum Gasteiger partial charge on any atom is -0.493 e. The molecule has 142 valence electrons. The van der Waals surface area contributed by atoms with Gasteiger partial charge in [-0.25, -0.2) is 14.8 Å². The minimum absolute atomic E-state index is 0.0490. The molecule has 2 heterocycles. The number of hydrogen-bond donors (Lipinski definition) is 2. The second kappa shape index (κ2) is 8.03. The summed E-state index contributed by atoms with van der Waals surface area (Å²) in [5, 5.41) is 12.3. The van der Waals surface area contributed by atoms with Gasteiger partial charge >= 0.3 is 5.97 Å². The number of carboxylic acid groups (broad SMARTS) is 1. The number of amides is 1. The number of carbonyl (C=O) groups is 2. The van der Waals surface area contributed by atoms with Gasteiger partial charge in [0.05, 0.1) is 12.3 Å². The van der Waals surface area contributed by atoms with Crippen LogP contribution in [-0.2, 0) is 4.79 Å². The molecule has 2 N–H and O–H groups in total. The van der Waals surface area contributed by atoms with Gasteiger partial charge in [-0.2, -0.15) is 0 Å². The molecule has 0 unspecified atom stereocenters. The van der Waals surface area contributed by atoms with Crippen LogP contribution in [0.25, 0.3) is 11.3 Å². The molecule has 0 aliphatic carbocycles. The van der Waals surface area contributed by atoms with E-state index in [2.05, 4.69) is 15.3 Å². The molecule has 1 aromatic carbocycles. The molecule has 1 aliphatic heterocycles. The fourth-order valence-electron chi connectivity index (χ4n) is 3.15. The molecule has 2 aromatic rings. The number of rotatable bonds is 6. The highest BCUT2D eigenvalue weighted by Gasteiger charge is 2.25. The SMILES string of the molecule is CCOc1ccc(-c2ccnc(N3CC[C@H](NC(C)=O)C3)n2)cc1C(=O)O. The fraction of sp³-hybridized carbons (Fsp3) is 0.368. The smallest absolute Gasteiger partial charge is 0.339 e. The first-order valence-electron chi connectivity index (χ1n) is 8.83. The van der Waals surface area contributed by atoms with Gasteiger partial charge < -0.3 is 20.1 Å². The van der Waals surface area contributed by atoms with E-state index < -0.39 is 5.97 Å². The maximum Gasteiger partial charge on any atom is 0.339 e. The maximum atomic E-state index is 11.5. The van der Waals surface area contributed by atoms with Crippen LogP contribution in [0.1, 0.15) is 30.6 Å². The van der Waals surface area contributed by atoms with Crippen molar-refractivity contribution < 1.29 is 19.4 Å². The molecule has 0 saturated carbocycles. The van der Waals surface area contributed by atoms with Crippen molar-refractivity contribution in [1.82, 2.24) is 15.3 Å². The Morgan fingerprint density at radius 1 is 1.37 bits per heavy atom. The highest BCUT2D eigenvalue weighted by atomic mass is 16.5. The summed E-state index contributed by atoms with van der Waals surface area (Å²) in [6.45, 7) is 5.10. The van der Waals surface area contributed by atoms with Gasteiger partial charge in [-0.1, -0.05) is 0 Å². The van der Waals surface area contributed by atoms with E-state index in [9.17, 15) is 14.7 Å². The highest BCUT2D eigenvalue weighted by Crippen LogP contribution is 2.27. The molecule has 1 aromatic heterocycles. The minimum atomic E-state index is -1.05. The number of aromatic nitrogens is 2. The number of ether oxygens (including phenoxy) is 1. The summed E-state index contributed by atoms with van der Waals surface area (Å²) in [6.07, 6.45) is 2.49. The Morgan fingerprint density at radius 2 is 2.19 bits per heavy atom. The van der Waals surface area contributed by atoms with Gasteiger partial charge in [-0.3, -0.25) is 4.79 Å². The van der Waals surface area contributed by atoms with Crippen LogP contribution < -0.4 is 15.0 Å². The van der Waals surface area contributed by atoms with E-state index in [1.54, 1.807) is 37.4 Å². The summed E-state index contributed by atoms with van der Waals surface area (Å²) >= 11 is 0. The Morgan fingerprint density at radius 3 is 2.89 bits per heavy atom. The van der Waals surface area contributed by atoms with E-state index in [4.69, 9.17) is 4.74 Å². The Labute approximate surface area is 157 Å². The van der Waals surface area contributed by atoms with Crippen LogP contribution >= 0.6 is 0 Å². The normalized spacial score (nSPS) is 16.2. The summed E-state index contributed by atoms with van der Waals surface area (Å²) in [7, 11) is 0. The summed E-state index contributed by atoms with van der Waals surface area (Å²) in [5.41, 5.74) is 1.41. The topological polar surface area (TPSA) is 105 Å². The number of aromatic carboxylic acids is 1. The predicted molar refractivity (Wildman–Crippen MR) is 100 cm³/mol. The van der Waals surface area contributed by atoms with E-state index >= 15 is 0 Å². The number of anilines is 1. The van der Waals surface area contributed by atoms with Crippen molar-refractivity contribution in [2.45, 2.75) is 26.3 Å². The monoisotopic (exact) mass is 370 g/mol. The van der Waals surface area contributed by atoms with Crippen molar-refractivity contribution in [2.75, 3.05) is 24.6 Å². The number of carboxylic acids is 1. The predicted octanol–water partition coefficient (Wildman–Crippen LogP) is 1.96. The Balaban J connectivity index is 1.85. The van der Waals surface area contributed by atoms with Gasteiger partial charge in [0.25, 0.3) is 0 Å². The summed E-state index contributed by atoms with van der Waals surface area (Å²) < 4.78 is 5.38. The fourth-order valence-corrected chi connectivity index (χ4v) is 3.15. The van der Waals surface area contributed by atoms with E-state index in [0.29, 0.717) is 36.1 Å². The summed E-state index contributed by atoms with van der Waals surface area (Å²) in [6, 6.07) is 6.81. The van der Waals surface area contributed by atoms with Crippen LogP contribution in [-0.4, -0.2) is 52.7 Å². The number of nitrogens with one attached hydrogen (secondary N) is 1. The van der Waals surface area contributed by atoms with Crippen molar-refractivity contribution in [3.8, 4) is 17.0 Å². The van der Waals surface area contributed by atoms with Crippen molar-refractivity contribution >= 4 is 17.8 Å². The van der Waals surface area contributed by atoms with Gasteiger partial charge in [-0.05, 0) is 37.6 Å². The Kier molecular flexibility index (Phi) is 5.54. The second-order valence-corrected chi connectivity index (χ2v) is 6.32. The summed E-state index contributed by atoms with van der Waals surface area (Å²) in [4.78, 5) is 33.7. The van der Waals surface area contributed by atoms with E-state index in [1.165, 1.54) is 6.92 Å². The lowest BCUT2D eigenvalue weighted by Crippen LogP contribution is -2.35. The van der Waals surface area contributed by atoms with Gasteiger partial charge in [0, 0.05) is 37.8 Å². The van der Waals surface area contributed by atoms with Crippen molar-refractivity contribution in [3.05, 3.63) is 36.0 Å². The third kappa shape index (κ3) is 4.33. The highest BCUT2D eigenvalue weighted by molar-refractivity contribution is 5.92. The van der Waals surface area contributed by atoms with Crippen molar-refractivity contribution in [3.63, 3.8) is 0 Å². The quantitative estimate of drug-likeness (QED) is 0.801. The molecule has 1 saturated heterocycles. The number of benzene rings is 1. The lowest BCUT2D eigenvalue weighted by Gasteiger charge is -2.17.